The molecule has 29 heavy (non-hydrogen) atoms. The predicted octanol–water partition coefficient (Wildman–Crippen LogP) is 1.96. The van der Waals surface area contributed by atoms with Gasteiger partial charge in [0.15, 0.2) is 11.5 Å². The van der Waals surface area contributed by atoms with Gasteiger partial charge in [0.05, 0.1) is 17.2 Å². The molecule has 1 unspecified atom stereocenters. The van der Waals surface area contributed by atoms with Crippen molar-refractivity contribution in [3.8, 4) is 0 Å². The van der Waals surface area contributed by atoms with Crippen LogP contribution >= 0.6 is 15.9 Å². The molecule has 1 aromatic carbocycles. The van der Waals surface area contributed by atoms with Gasteiger partial charge in [-0.1, -0.05) is 10.2 Å². The fourth-order valence-corrected chi connectivity index (χ4v) is 2.98. The third kappa shape index (κ3) is 3.72. The lowest BCUT2D eigenvalue weighted by Crippen LogP contribution is -2.29. The summed E-state index contributed by atoms with van der Waals surface area (Å²) >= 11 is 3.07. The molecule has 1 aliphatic heterocycles. The summed E-state index contributed by atoms with van der Waals surface area (Å²) in [7, 11) is 1.47. The second-order valence-corrected chi connectivity index (χ2v) is 6.78. The molecule has 0 radical (unpaired) electrons. The molecule has 154 valence electrons. The molecular formula is C15H16BrFN8O4. The Balaban J connectivity index is 1.88. The van der Waals surface area contributed by atoms with Crippen LogP contribution < -0.4 is 16.5 Å². The fraction of sp³-hybridized carbons (Fsp3) is 0.200. The number of rotatable bonds is 6. The zero-order valence-electron chi connectivity index (χ0n) is 15.2. The smallest absolute Gasteiger partial charge is 0.390 e. The highest BCUT2D eigenvalue weighted by Gasteiger charge is 2.36. The van der Waals surface area contributed by atoms with Crippen LogP contribution in [-0.4, -0.2) is 25.5 Å². The zero-order valence-corrected chi connectivity index (χ0v) is 16.8. The van der Waals surface area contributed by atoms with E-state index >= 15 is 0 Å². The van der Waals surface area contributed by atoms with Crippen LogP contribution in [0.2, 0.25) is 0 Å². The van der Waals surface area contributed by atoms with Crippen LogP contribution in [0.1, 0.15) is 18.7 Å². The van der Waals surface area contributed by atoms with Gasteiger partial charge in [0, 0.05) is 0 Å². The van der Waals surface area contributed by atoms with Gasteiger partial charge in [-0.3, -0.25) is 5.41 Å². The number of nitro groups is 1. The highest BCUT2D eigenvalue weighted by Crippen LogP contribution is 2.33. The highest BCUT2D eigenvalue weighted by atomic mass is 79.9. The van der Waals surface area contributed by atoms with Crippen molar-refractivity contribution < 1.29 is 19.1 Å². The number of hydroxylamine groups is 3. The first-order valence-electron chi connectivity index (χ1n) is 8.02. The second kappa shape index (κ2) is 7.65. The number of hydrogen-bond acceptors (Lipinski definition) is 9. The van der Waals surface area contributed by atoms with Crippen LogP contribution in [-0.2, 0) is 16.8 Å². The van der Waals surface area contributed by atoms with Crippen molar-refractivity contribution in [3.63, 3.8) is 0 Å². The van der Waals surface area contributed by atoms with E-state index in [1.165, 1.54) is 36.0 Å². The van der Waals surface area contributed by atoms with E-state index in [-0.39, 0.29) is 21.9 Å². The molecule has 12 nitrogen and oxygen atoms in total. The maximum absolute atomic E-state index is 13.5. The number of hydrogen-bond donors (Lipinski definition) is 3. The van der Waals surface area contributed by atoms with Crippen molar-refractivity contribution >= 4 is 33.4 Å². The average molecular weight is 471 g/mol. The largest absolute Gasteiger partial charge is 0.434 e. The van der Waals surface area contributed by atoms with E-state index in [4.69, 9.17) is 26.7 Å². The molecule has 2 heterocycles. The van der Waals surface area contributed by atoms with Gasteiger partial charge < -0.3 is 21.6 Å². The van der Waals surface area contributed by atoms with Crippen LogP contribution in [0.25, 0.3) is 0 Å². The SMILES string of the molecule is CC(ON1ON(c2ccc(F)c(Br)c2)C(C(=N)N)=C1N)c1cnc([N+](=O)[O-])n1C. The first-order valence-corrected chi connectivity index (χ1v) is 8.81. The van der Waals surface area contributed by atoms with Gasteiger partial charge in [-0.15, -0.1) is 4.94 Å². The predicted molar refractivity (Wildman–Crippen MR) is 102 cm³/mol. The summed E-state index contributed by atoms with van der Waals surface area (Å²) < 4.78 is 15.0. The Morgan fingerprint density at radius 1 is 1.52 bits per heavy atom. The van der Waals surface area contributed by atoms with Gasteiger partial charge in [0.1, 0.15) is 29.6 Å². The third-order valence-corrected chi connectivity index (χ3v) is 4.63. The van der Waals surface area contributed by atoms with Crippen molar-refractivity contribution in [2.24, 2.45) is 18.5 Å². The molecule has 5 N–H and O–H groups in total. The van der Waals surface area contributed by atoms with E-state index in [0.717, 1.165) is 10.3 Å². The van der Waals surface area contributed by atoms with Gasteiger partial charge in [-0.05, 0) is 46.0 Å². The minimum Gasteiger partial charge on any atom is -0.390 e. The highest BCUT2D eigenvalue weighted by molar-refractivity contribution is 9.10. The molecule has 14 heteroatoms. The summed E-state index contributed by atoms with van der Waals surface area (Å²) in [6, 6.07) is 3.99. The van der Waals surface area contributed by atoms with E-state index in [1.54, 1.807) is 6.92 Å². The Morgan fingerprint density at radius 2 is 2.21 bits per heavy atom. The quantitative estimate of drug-likeness (QED) is 0.247. The molecule has 1 aliphatic rings. The van der Waals surface area contributed by atoms with Crippen molar-refractivity contribution in [1.29, 1.82) is 5.41 Å². The Hall–Kier alpha value is -3.23. The van der Waals surface area contributed by atoms with Gasteiger partial charge in [-0.25, -0.2) is 13.8 Å². The first-order chi connectivity index (χ1) is 13.6. The van der Waals surface area contributed by atoms with Crippen LogP contribution in [0.4, 0.5) is 16.0 Å². The lowest BCUT2D eigenvalue weighted by Gasteiger charge is -2.23. The minimum absolute atomic E-state index is 0.0216. The standard InChI is InChI=1S/C15H16BrFN8O4/c1-7(11-6-21-15(22(11)2)24(26)27)28-25-14(20)12(13(18)19)23(29-25)8-3-4-10(17)9(16)5-8/h3-7H,20H2,1-2H3,(H3,18,19). The molecule has 0 aliphatic carbocycles. The number of imidazole rings is 1. The van der Waals surface area contributed by atoms with Crippen molar-refractivity contribution in [3.05, 3.63) is 62.0 Å². The molecule has 0 saturated heterocycles. The molecule has 1 atom stereocenters. The third-order valence-electron chi connectivity index (χ3n) is 4.02. The molecule has 1 aromatic heterocycles. The number of anilines is 1. The van der Waals surface area contributed by atoms with E-state index < -0.39 is 22.7 Å². The monoisotopic (exact) mass is 470 g/mol. The Kier molecular flexibility index (Phi) is 5.41. The summed E-state index contributed by atoms with van der Waals surface area (Å²) in [5.74, 6) is -1.41. The molecule has 2 aromatic rings. The Labute approximate surface area is 171 Å². The minimum atomic E-state index is -0.770. The number of nitrogens with one attached hydrogen (secondary N) is 1. The second-order valence-electron chi connectivity index (χ2n) is 5.93. The summed E-state index contributed by atoms with van der Waals surface area (Å²) in [6.45, 7) is 1.60. The van der Waals surface area contributed by atoms with E-state index in [0.29, 0.717) is 11.4 Å². The zero-order chi connectivity index (χ0) is 21.5. The maximum atomic E-state index is 13.5. The normalized spacial score (nSPS) is 15.2. The van der Waals surface area contributed by atoms with Crippen LogP contribution in [0, 0.1) is 21.3 Å². The fourth-order valence-electron chi connectivity index (χ4n) is 2.62. The number of halogens is 2. The lowest BCUT2D eigenvalue weighted by atomic mass is 10.3. The van der Waals surface area contributed by atoms with E-state index in [1.807, 2.05) is 0 Å². The average Bonchev–Trinajstić information content (AvgIpc) is 3.18. The molecule has 0 bridgehead atoms. The molecular weight excluding hydrogens is 455 g/mol. The van der Waals surface area contributed by atoms with Crippen molar-refractivity contribution in [2.45, 2.75) is 13.0 Å². The number of benzene rings is 1. The topological polar surface area (TPSA) is 162 Å². The number of amidine groups is 1. The molecule has 0 fully saturated rings. The number of nitrogens with zero attached hydrogens (tertiary/aromatic N) is 5. The number of nitrogens with two attached hydrogens (primary N) is 2. The van der Waals surface area contributed by atoms with Gasteiger partial charge in [0.2, 0.25) is 0 Å². The van der Waals surface area contributed by atoms with E-state index in [9.17, 15) is 14.5 Å². The Morgan fingerprint density at radius 3 is 2.76 bits per heavy atom. The summed E-state index contributed by atoms with van der Waals surface area (Å²) in [4.78, 5) is 25.2. The van der Waals surface area contributed by atoms with Gasteiger partial charge in [0.25, 0.3) is 0 Å². The molecule has 0 amide bonds. The molecule has 0 saturated carbocycles. The van der Waals surface area contributed by atoms with Gasteiger partial charge in [-0.2, -0.15) is 5.06 Å². The summed E-state index contributed by atoms with van der Waals surface area (Å²) in [6.07, 6.45) is 0.521. The molecule has 0 spiro atoms. The van der Waals surface area contributed by atoms with Crippen LogP contribution in [0.5, 0.6) is 0 Å². The summed E-state index contributed by atoms with van der Waals surface area (Å²) in [5, 5.41) is 20.7. The first kappa shape index (κ1) is 20.5. The van der Waals surface area contributed by atoms with Crippen molar-refractivity contribution in [2.75, 3.05) is 5.06 Å². The van der Waals surface area contributed by atoms with Crippen LogP contribution in [0.3, 0.4) is 0 Å². The lowest BCUT2D eigenvalue weighted by molar-refractivity contribution is -0.396. The maximum Gasteiger partial charge on any atom is 0.434 e. The van der Waals surface area contributed by atoms with Crippen LogP contribution in [0.15, 0.2) is 40.4 Å². The van der Waals surface area contributed by atoms with E-state index in [2.05, 4.69) is 20.9 Å². The van der Waals surface area contributed by atoms with Gasteiger partial charge >= 0.3 is 5.95 Å². The Bertz CT molecular complexity index is 1030. The van der Waals surface area contributed by atoms with Crippen molar-refractivity contribution in [1.82, 2.24) is 14.8 Å². The summed E-state index contributed by atoms with van der Waals surface area (Å²) in [5.41, 5.74) is 12.3. The molecule has 3 rings (SSSR count). The number of aromatic nitrogens is 2.